The van der Waals surface area contributed by atoms with Gasteiger partial charge >= 0.3 is 0 Å². The van der Waals surface area contributed by atoms with Gasteiger partial charge in [0.2, 0.25) is 10.0 Å². The summed E-state index contributed by atoms with van der Waals surface area (Å²) in [6.07, 6.45) is 2.09. The normalized spacial score (nSPS) is 14.4. The fourth-order valence-corrected chi connectivity index (χ4v) is 4.73. The van der Waals surface area contributed by atoms with E-state index in [-0.39, 0.29) is 10.8 Å². The third-order valence-corrected chi connectivity index (χ3v) is 7.72. The van der Waals surface area contributed by atoms with E-state index in [1.165, 1.54) is 20.2 Å². The monoisotopic (exact) mass is 469 g/mol. The van der Waals surface area contributed by atoms with E-state index in [1.54, 1.807) is 36.2 Å². The summed E-state index contributed by atoms with van der Waals surface area (Å²) in [5.41, 5.74) is 1.97. The van der Waals surface area contributed by atoms with Crippen molar-refractivity contribution in [2.75, 3.05) is 39.1 Å². The van der Waals surface area contributed by atoms with Crippen molar-refractivity contribution in [3.8, 4) is 0 Å². The summed E-state index contributed by atoms with van der Waals surface area (Å²) < 4.78 is 26.4. The molecule has 1 aliphatic heterocycles. The molecule has 1 heterocycles. The molecule has 1 saturated heterocycles. The minimum Gasteiger partial charge on any atom is -0.371 e. The van der Waals surface area contributed by atoms with Crippen molar-refractivity contribution >= 4 is 44.8 Å². The maximum Gasteiger partial charge on any atom is 0.256 e. The number of anilines is 1. The maximum atomic E-state index is 13.4. The van der Waals surface area contributed by atoms with Crippen molar-refractivity contribution in [3.63, 3.8) is 0 Å². The zero-order valence-electron chi connectivity index (χ0n) is 17.2. The zero-order chi connectivity index (χ0) is 22.1. The van der Waals surface area contributed by atoms with Crippen LogP contribution in [0.2, 0.25) is 10.0 Å². The number of halogens is 2. The van der Waals surface area contributed by atoms with Crippen molar-refractivity contribution in [2.24, 2.45) is 0 Å². The highest BCUT2D eigenvalue weighted by Crippen LogP contribution is 2.30. The number of amides is 1. The first kappa shape index (κ1) is 22.9. The highest BCUT2D eigenvalue weighted by atomic mass is 35.5. The Kier molecular flexibility index (Phi) is 6.97. The van der Waals surface area contributed by atoms with Gasteiger partial charge < -0.3 is 9.80 Å². The lowest BCUT2D eigenvalue weighted by molar-refractivity contribution is 0.0785. The molecule has 0 bridgehead atoms. The number of hydrogen-bond donors (Lipinski definition) is 0. The second kappa shape index (κ2) is 9.14. The lowest BCUT2D eigenvalue weighted by Gasteiger charge is -2.25. The summed E-state index contributed by atoms with van der Waals surface area (Å²) in [6.45, 7) is 2.01. The number of benzene rings is 2. The number of hydrogen-bond acceptors (Lipinski definition) is 4. The summed E-state index contributed by atoms with van der Waals surface area (Å²) in [5.74, 6) is -0.251. The van der Waals surface area contributed by atoms with Crippen molar-refractivity contribution < 1.29 is 13.2 Å². The lowest BCUT2D eigenvalue weighted by atomic mass is 10.1. The SMILES string of the molecule is CN(Cc1ccc(Cl)c(Cl)c1)C(=O)c1cc(S(=O)(=O)N(C)C)ccc1N1CCCC1. The highest BCUT2D eigenvalue weighted by Gasteiger charge is 2.26. The van der Waals surface area contributed by atoms with E-state index in [1.807, 2.05) is 6.07 Å². The minimum absolute atomic E-state index is 0.0988. The van der Waals surface area contributed by atoms with Crippen LogP contribution in [0.25, 0.3) is 0 Å². The molecule has 2 aromatic carbocycles. The summed E-state index contributed by atoms with van der Waals surface area (Å²) in [7, 11) is 0.978. The Morgan fingerprint density at radius 2 is 1.67 bits per heavy atom. The van der Waals surface area contributed by atoms with Crippen LogP contribution in [0, 0.1) is 0 Å². The first-order valence-electron chi connectivity index (χ1n) is 9.62. The van der Waals surface area contributed by atoms with E-state index in [4.69, 9.17) is 23.2 Å². The third kappa shape index (κ3) is 4.75. The molecule has 1 aliphatic rings. The summed E-state index contributed by atoms with van der Waals surface area (Å²) in [5, 5.41) is 0.874. The summed E-state index contributed by atoms with van der Waals surface area (Å²) in [4.78, 5) is 17.1. The van der Waals surface area contributed by atoms with Crippen LogP contribution in [-0.4, -0.2) is 57.8 Å². The highest BCUT2D eigenvalue weighted by molar-refractivity contribution is 7.89. The van der Waals surface area contributed by atoms with Crippen LogP contribution in [0.15, 0.2) is 41.3 Å². The summed E-state index contributed by atoms with van der Waals surface area (Å²) in [6, 6.07) is 10.0. The number of carbonyl (C=O) groups excluding carboxylic acids is 1. The second-order valence-electron chi connectivity index (χ2n) is 7.57. The second-order valence-corrected chi connectivity index (χ2v) is 10.5. The molecule has 0 aromatic heterocycles. The minimum atomic E-state index is -3.66. The fourth-order valence-electron chi connectivity index (χ4n) is 3.48. The van der Waals surface area contributed by atoms with Gasteiger partial charge in [-0.3, -0.25) is 4.79 Å². The van der Waals surface area contributed by atoms with Crippen molar-refractivity contribution in [1.29, 1.82) is 0 Å². The van der Waals surface area contributed by atoms with Crippen molar-refractivity contribution in [2.45, 2.75) is 24.3 Å². The van der Waals surface area contributed by atoms with E-state index in [9.17, 15) is 13.2 Å². The predicted octanol–water partition coefficient (Wildman–Crippen LogP) is 4.12. The topological polar surface area (TPSA) is 60.9 Å². The number of carbonyl (C=O) groups is 1. The van der Waals surface area contributed by atoms with Crippen LogP contribution in [0.4, 0.5) is 5.69 Å². The molecule has 162 valence electrons. The molecule has 0 saturated carbocycles. The third-order valence-electron chi connectivity index (χ3n) is 5.17. The molecule has 0 aliphatic carbocycles. The first-order valence-corrected chi connectivity index (χ1v) is 11.8. The standard InChI is InChI=1S/C21H25Cl2N3O3S/c1-24(2)30(28,29)16-7-9-20(26-10-4-5-11-26)17(13-16)21(27)25(3)14-15-6-8-18(22)19(23)12-15/h6-9,12-13H,4-5,10-11,14H2,1-3H3. The van der Waals surface area contributed by atoms with Gasteiger partial charge in [0.05, 0.1) is 20.5 Å². The van der Waals surface area contributed by atoms with E-state index in [2.05, 4.69) is 4.90 Å². The Labute approximate surface area is 188 Å². The molecule has 0 N–H and O–H groups in total. The Morgan fingerprint density at radius 1 is 1.00 bits per heavy atom. The van der Waals surface area contributed by atoms with Crippen LogP contribution in [0.1, 0.15) is 28.8 Å². The Balaban J connectivity index is 1.97. The van der Waals surface area contributed by atoms with Crippen LogP contribution < -0.4 is 4.90 Å². The first-order chi connectivity index (χ1) is 14.1. The van der Waals surface area contributed by atoms with Gasteiger partial charge in [-0.1, -0.05) is 29.3 Å². The van der Waals surface area contributed by atoms with Crippen LogP contribution in [-0.2, 0) is 16.6 Å². The maximum absolute atomic E-state index is 13.4. The fraction of sp³-hybridized carbons (Fsp3) is 0.381. The quantitative estimate of drug-likeness (QED) is 0.638. The predicted molar refractivity (Wildman–Crippen MR) is 121 cm³/mol. The molecule has 1 amide bonds. The van der Waals surface area contributed by atoms with Gasteiger partial charge in [0.1, 0.15) is 0 Å². The lowest BCUT2D eigenvalue weighted by Crippen LogP contribution is -2.30. The molecule has 9 heteroatoms. The van der Waals surface area contributed by atoms with Gasteiger partial charge in [-0.15, -0.1) is 0 Å². The Morgan fingerprint density at radius 3 is 2.27 bits per heavy atom. The molecule has 30 heavy (non-hydrogen) atoms. The van der Waals surface area contributed by atoms with E-state index >= 15 is 0 Å². The van der Waals surface area contributed by atoms with Gasteiger partial charge in [0.25, 0.3) is 5.91 Å². The van der Waals surface area contributed by atoms with Crippen molar-refractivity contribution in [3.05, 3.63) is 57.6 Å². The molecule has 6 nitrogen and oxygen atoms in total. The Bertz CT molecular complexity index is 1050. The van der Waals surface area contributed by atoms with Gasteiger partial charge in [-0.25, -0.2) is 12.7 Å². The molecule has 3 rings (SSSR count). The molecule has 0 atom stereocenters. The van der Waals surface area contributed by atoms with Gasteiger partial charge in [0.15, 0.2) is 0 Å². The Hall–Kier alpha value is -1.80. The summed E-state index contributed by atoms with van der Waals surface area (Å²) >= 11 is 12.1. The van der Waals surface area contributed by atoms with Gasteiger partial charge in [-0.2, -0.15) is 0 Å². The zero-order valence-corrected chi connectivity index (χ0v) is 19.6. The molecule has 2 aromatic rings. The molecular formula is C21H25Cl2N3O3S. The number of rotatable bonds is 6. The van der Waals surface area contributed by atoms with Crippen LogP contribution >= 0.6 is 23.2 Å². The van der Waals surface area contributed by atoms with Crippen LogP contribution in [0.5, 0.6) is 0 Å². The van der Waals surface area contributed by atoms with Gasteiger partial charge in [0, 0.05) is 46.5 Å². The van der Waals surface area contributed by atoms with Crippen LogP contribution in [0.3, 0.4) is 0 Å². The molecule has 0 unspecified atom stereocenters. The molecule has 0 spiro atoms. The van der Waals surface area contributed by atoms with E-state index < -0.39 is 10.0 Å². The smallest absolute Gasteiger partial charge is 0.256 e. The van der Waals surface area contributed by atoms with E-state index in [0.717, 1.165) is 41.5 Å². The molecule has 1 fully saturated rings. The van der Waals surface area contributed by atoms with Crippen molar-refractivity contribution in [1.82, 2.24) is 9.21 Å². The number of nitrogens with zero attached hydrogens (tertiary/aromatic N) is 3. The molecular weight excluding hydrogens is 445 g/mol. The largest absolute Gasteiger partial charge is 0.371 e. The average Bonchev–Trinajstić information content (AvgIpc) is 3.24. The number of sulfonamides is 1. The van der Waals surface area contributed by atoms with Gasteiger partial charge in [-0.05, 0) is 48.7 Å². The van der Waals surface area contributed by atoms with E-state index in [0.29, 0.717) is 22.2 Å². The average molecular weight is 470 g/mol. The molecule has 0 radical (unpaired) electrons.